The van der Waals surface area contributed by atoms with Gasteiger partial charge in [0.15, 0.2) is 0 Å². The molecule has 33 heavy (non-hydrogen) atoms. The van der Waals surface area contributed by atoms with E-state index in [4.69, 9.17) is 10.4 Å². The molecule has 0 radical (unpaired) electrons. The predicted molar refractivity (Wildman–Crippen MR) is 128 cm³/mol. The van der Waals surface area contributed by atoms with Gasteiger partial charge in [0.05, 0.1) is 10.9 Å². The lowest BCUT2D eigenvalue weighted by atomic mass is 9.94. The molecule has 174 valence electrons. The minimum atomic E-state index is -0.187. The van der Waals surface area contributed by atoms with Crippen LogP contribution < -0.4 is 11.0 Å². The number of likely N-dealkylation sites (N-methyl/N-ethyl adjacent to an activating group) is 1. The minimum absolute atomic E-state index is 0.0804. The van der Waals surface area contributed by atoms with Gasteiger partial charge in [0.2, 0.25) is 0 Å². The minimum Gasteiger partial charge on any atom is -0.336 e. The second-order valence-electron chi connectivity index (χ2n) is 9.33. The second kappa shape index (κ2) is 8.74. The van der Waals surface area contributed by atoms with Crippen molar-refractivity contribution in [1.29, 1.82) is 5.41 Å². The van der Waals surface area contributed by atoms with E-state index in [1.807, 2.05) is 28.5 Å². The van der Waals surface area contributed by atoms with Crippen molar-refractivity contribution in [1.82, 2.24) is 23.8 Å². The van der Waals surface area contributed by atoms with Crippen molar-refractivity contribution in [3.05, 3.63) is 51.4 Å². The molecule has 2 aliphatic rings. The van der Waals surface area contributed by atoms with Gasteiger partial charge in [0.25, 0.3) is 11.5 Å². The zero-order chi connectivity index (χ0) is 23.1. The third kappa shape index (κ3) is 3.76. The lowest BCUT2D eigenvalue weighted by Crippen LogP contribution is -2.49. The number of pyridine rings is 2. The predicted octanol–water partition coefficient (Wildman–Crippen LogP) is 2.72. The summed E-state index contributed by atoms with van der Waals surface area (Å²) in [6.45, 7) is 7.98. The number of nitrogens with zero attached hydrogens (tertiary/aromatic N) is 5. The van der Waals surface area contributed by atoms with Gasteiger partial charge in [-0.3, -0.25) is 19.4 Å². The van der Waals surface area contributed by atoms with Crippen molar-refractivity contribution in [3.8, 4) is 0 Å². The van der Waals surface area contributed by atoms with E-state index in [-0.39, 0.29) is 23.0 Å². The Kier molecular flexibility index (Phi) is 5.78. The maximum atomic E-state index is 13.6. The van der Waals surface area contributed by atoms with Crippen LogP contribution in [0.4, 0.5) is 0 Å². The Morgan fingerprint density at radius 3 is 2.55 bits per heavy atom. The third-order valence-corrected chi connectivity index (χ3v) is 7.35. The van der Waals surface area contributed by atoms with Gasteiger partial charge in [-0.15, -0.1) is 0 Å². The highest BCUT2D eigenvalue weighted by Gasteiger charge is 2.27. The van der Waals surface area contributed by atoms with E-state index in [0.717, 1.165) is 50.9 Å². The quantitative estimate of drug-likeness (QED) is 0.624. The summed E-state index contributed by atoms with van der Waals surface area (Å²) in [5.41, 5.74) is 2.35. The molecular weight excluding hydrogens is 416 g/mol. The van der Waals surface area contributed by atoms with E-state index in [2.05, 4.69) is 11.8 Å². The zero-order valence-corrected chi connectivity index (χ0v) is 19.5. The average molecular weight is 449 g/mol. The van der Waals surface area contributed by atoms with Gasteiger partial charge in [-0.05, 0) is 44.0 Å². The summed E-state index contributed by atoms with van der Waals surface area (Å²) < 4.78 is 3.44. The molecule has 8 heteroatoms. The molecule has 0 bridgehead atoms. The molecule has 1 saturated heterocycles. The van der Waals surface area contributed by atoms with Crippen LogP contribution in [0.3, 0.4) is 0 Å². The highest BCUT2D eigenvalue weighted by Crippen LogP contribution is 2.29. The Hall–Kier alpha value is -3.00. The molecule has 1 saturated carbocycles. The molecule has 8 nitrogen and oxygen atoms in total. The molecule has 0 spiro atoms. The molecule has 1 N–H and O–H groups in total. The lowest BCUT2D eigenvalue weighted by molar-refractivity contribution is 0.0640. The summed E-state index contributed by atoms with van der Waals surface area (Å²) in [7, 11) is 0. The van der Waals surface area contributed by atoms with Crippen LogP contribution in [-0.4, -0.2) is 62.4 Å². The Bertz CT molecular complexity index is 1330. The van der Waals surface area contributed by atoms with Gasteiger partial charge in [0, 0.05) is 38.4 Å². The topological polar surface area (TPSA) is 86.7 Å². The largest absolute Gasteiger partial charge is 0.336 e. The highest BCUT2D eigenvalue weighted by molar-refractivity contribution is 5.97. The lowest BCUT2D eigenvalue weighted by Gasteiger charge is -2.34. The molecule has 0 unspecified atom stereocenters. The Morgan fingerprint density at radius 1 is 1.12 bits per heavy atom. The summed E-state index contributed by atoms with van der Waals surface area (Å²) >= 11 is 0. The summed E-state index contributed by atoms with van der Waals surface area (Å²) in [5, 5.41) is 9.49. The average Bonchev–Trinajstić information content (AvgIpc) is 2.85. The Morgan fingerprint density at radius 2 is 1.85 bits per heavy atom. The first kappa shape index (κ1) is 21.8. The van der Waals surface area contributed by atoms with Gasteiger partial charge >= 0.3 is 0 Å². The summed E-state index contributed by atoms with van der Waals surface area (Å²) in [4.78, 5) is 36.1. The van der Waals surface area contributed by atoms with Crippen molar-refractivity contribution in [2.75, 3.05) is 32.7 Å². The number of rotatable bonds is 3. The fourth-order valence-corrected chi connectivity index (χ4v) is 5.35. The number of carbonyl (C=O) groups is 1. The molecule has 1 aliphatic heterocycles. The first-order valence-corrected chi connectivity index (χ1v) is 12.1. The fraction of sp³-hybridized carbons (Fsp3) is 0.520. The molecule has 4 heterocycles. The van der Waals surface area contributed by atoms with E-state index in [9.17, 15) is 9.59 Å². The normalized spacial score (nSPS) is 18.3. The number of aromatic nitrogens is 3. The third-order valence-electron chi connectivity index (χ3n) is 7.35. The van der Waals surface area contributed by atoms with Crippen molar-refractivity contribution in [2.24, 2.45) is 0 Å². The van der Waals surface area contributed by atoms with Crippen LogP contribution in [0.5, 0.6) is 0 Å². The molecule has 2 fully saturated rings. The molecule has 1 aliphatic carbocycles. The monoisotopic (exact) mass is 448 g/mol. The number of amides is 1. The van der Waals surface area contributed by atoms with Crippen molar-refractivity contribution >= 4 is 22.6 Å². The standard InChI is InChI=1S/C25H32N6O2/c1-3-28-12-14-29(15-13-28)24(32)19-16-20-23(31(21(19)26)18-9-5-4-6-10-18)27-22-17(2)8-7-11-30(22)25(20)33/h7-8,11,16,18,26H,3-6,9-10,12-15H2,1-2H3. The summed E-state index contributed by atoms with van der Waals surface area (Å²) in [6, 6.07) is 5.48. The van der Waals surface area contributed by atoms with Crippen LogP contribution in [0.15, 0.2) is 29.2 Å². The van der Waals surface area contributed by atoms with Gasteiger partial charge in [-0.25, -0.2) is 4.98 Å². The fourth-order valence-electron chi connectivity index (χ4n) is 5.35. The van der Waals surface area contributed by atoms with Crippen molar-refractivity contribution < 1.29 is 4.79 Å². The zero-order valence-electron chi connectivity index (χ0n) is 19.5. The maximum Gasteiger partial charge on any atom is 0.267 e. The molecule has 1 amide bonds. The summed E-state index contributed by atoms with van der Waals surface area (Å²) in [5.74, 6) is -0.157. The number of carbonyl (C=O) groups excluding carboxylic acids is 1. The first-order valence-electron chi connectivity index (χ1n) is 12.1. The van der Waals surface area contributed by atoms with Gasteiger partial charge in [-0.1, -0.05) is 32.3 Å². The first-order chi connectivity index (χ1) is 16.0. The van der Waals surface area contributed by atoms with Crippen LogP contribution in [0.1, 0.15) is 61.0 Å². The highest BCUT2D eigenvalue weighted by atomic mass is 16.2. The van der Waals surface area contributed by atoms with Gasteiger partial charge < -0.3 is 14.4 Å². The molecule has 0 atom stereocenters. The molecule has 3 aromatic heterocycles. The SMILES string of the molecule is CCN1CCN(C(=O)c2cc3c(=O)n4cccc(C)c4nc3n(C3CCCCC3)c2=N)CC1. The Balaban J connectivity index is 1.72. The van der Waals surface area contributed by atoms with Crippen molar-refractivity contribution in [2.45, 2.75) is 52.0 Å². The van der Waals surface area contributed by atoms with Gasteiger partial charge in [0.1, 0.15) is 16.8 Å². The van der Waals surface area contributed by atoms with Crippen LogP contribution in [-0.2, 0) is 0 Å². The van der Waals surface area contributed by atoms with E-state index >= 15 is 0 Å². The maximum absolute atomic E-state index is 13.6. The van der Waals surface area contributed by atoms with Crippen LogP contribution in [0.2, 0.25) is 0 Å². The van der Waals surface area contributed by atoms with Crippen LogP contribution in [0.25, 0.3) is 16.7 Å². The van der Waals surface area contributed by atoms with Crippen molar-refractivity contribution in [3.63, 3.8) is 0 Å². The Labute approximate surface area is 193 Å². The van der Waals surface area contributed by atoms with E-state index < -0.39 is 0 Å². The number of hydrogen-bond donors (Lipinski definition) is 1. The summed E-state index contributed by atoms with van der Waals surface area (Å²) in [6.07, 6.45) is 6.95. The van der Waals surface area contributed by atoms with E-state index in [0.29, 0.717) is 35.3 Å². The number of hydrogen-bond acceptors (Lipinski definition) is 5. The number of piperazine rings is 1. The number of nitrogens with one attached hydrogen (secondary N) is 1. The second-order valence-corrected chi connectivity index (χ2v) is 9.33. The number of fused-ring (bicyclic) bond motifs is 2. The molecule has 0 aromatic carbocycles. The van der Waals surface area contributed by atoms with Gasteiger partial charge in [-0.2, -0.15) is 0 Å². The van der Waals surface area contributed by atoms with E-state index in [1.165, 1.54) is 6.42 Å². The number of aryl methyl sites for hydroxylation is 1. The van der Waals surface area contributed by atoms with E-state index in [1.54, 1.807) is 16.7 Å². The molecule has 3 aromatic rings. The molecule has 5 rings (SSSR count). The smallest absolute Gasteiger partial charge is 0.267 e. The van der Waals surface area contributed by atoms with Crippen LogP contribution >= 0.6 is 0 Å². The molecular formula is C25H32N6O2. The van der Waals surface area contributed by atoms with Crippen LogP contribution in [0, 0.1) is 12.3 Å².